The summed E-state index contributed by atoms with van der Waals surface area (Å²) in [6.07, 6.45) is 0.677. The third-order valence-electron chi connectivity index (χ3n) is 2.57. The number of hydrogen-bond donors (Lipinski definition) is 0. The molecule has 0 N–H and O–H groups in total. The first-order chi connectivity index (χ1) is 9.10. The van der Waals surface area contributed by atoms with E-state index >= 15 is 0 Å². The lowest BCUT2D eigenvalue weighted by Gasteiger charge is -2.06. The molecule has 19 heavy (non-hydrogen) atoms. The van der Waals surface area contributed by atoms with E-state index in [1.54, 1.807) is 13.0 Å². The van der Waals surface area contributed by atoms with E-state index in [9.17, 15) is 8.78 Å². The molecule has 0 bridgehead atoms. The van der Waals surface area contributed by atoms with Crippen LogP contribution in [-0.2, 0) is 6.42 Å². The Labute approximate surface area is 109 Å². The average Bonchev–Trinajstić information content (AvgIpc) is 2.38. The first-order valence-electron chi connectivity index (χ1n) is 5.77. The Morgan fingerprint density at radius 1 is 1.21 bits per heavy atom. The molecule has 1 heterocycles. The highest BCUT2D eigenvalue weighted by atomic mass is 19.1. The zero-order valence-electron chi connectivity index (χ0n) is 10.3. The molecule has 0 radical (unpaired) electrons. The number of hydrogen-bond acceptors (Lipinski definition) is 3. The summed E-state index contributed by atoms with van der Waals surface area (Å²) in [5.41, 5.74) is 1.09. The molecule has 1 aromatic heterocycles. The smallest absolute Gasteiger partial charge is 0.132 e. The Balaban J connectivity index is 2.47. The molecule has 0 aliphatic heterocycles. The summed E-state index contributed by atoms with van der Waals surface area (Å²) in [5.74, 6) is -0.600. The molecule has 2 rings (SSSR count). The van der Waals surface area contributed by atoms with Gasteiger partial charge in [0.05, 0.1) is 11.8 Å². The van der Waals surface area contributed by atoms with Gasteiger partial charge in [-0.25, -0.2) is 18.7 Å². The van der Waals surface area contributed by atoms with Crippen LogP contribution in [0.25, 0.3) is 11.3 Å². The minimum Gasteiger partial charge on any atom is -0.238 e. The zero-order valence-corrected chi connectivity index (χ0v) is 10.3. The molecule has 0 unspecified atom stereocenters. The van der Waals surface area contributed by atoms with Crippen molar-refractivity contribution in [2.75, 3.05) is 0 Å². The van der Waals surface area contributed by atoms with Crippen molar-refractivity contribution in [2.45, 2.75) is 19.8 Å². The van der Waals surface area contributed by atoms with Crippen LogP contribution in [0.15, 0.2) is 24.3 Å². The summed E-state index contributed by atoms with van der Waals surface area (Å²) in [5, 5.41) is 8.55. The third-order valence-corrected chi connectivity index (χ3v) is 2.57. The van der Waals surface area contributed by atoms with Crippen molar-refractivity contribution in [3.05, 3.63) is 47.4 Å². The number of nitriles is 1. The number of nitrogens with zero attached hydrogens (tertiary/aromatic N) is 3. The van der Waals surface area contributed by atoms with Crippen LogP contribution in [0.1, 0.15) is 17.9 Å². The highest BCUT2D eigenvalue weighted by Crippen LogP contribution is 2.22. The van der Waals surface area contributed by atoms with E-state index in [2.05, 4.69) is 9.97 Å². The van der Waals surface area contributed by atoms with Crippen LogP contribution in [0.5, 0.6) is 0 Å². The van der Waals surface area contributed by atoms with Crippen LogP contribution in [-0.4, -0.2) is 9.97 Å². The van der Waals surface area contributed by atoms with Gasteiger partial charge in [0.25, 0.3) is 0 Å². The second-order valence-electron chi connectivity index (χ2n) is 4.09. The lowest BCUT2D eigenvalue weighted by Crippen LogP contribution is -2.00. The molecule has 96 valence electrons. The minimum atomic E-state index is -0.536. The lowest BCUT2D eigenvalue weighted by molar-refractivity contribution is 0.602. The van der Waals surface area contributed by atoms with Crippen LogP contribution >= 0.6 is 0 Å². The van der Waals surface area contributed by atoms with Gasteiger partial charge in [-0.15, -0.1) is 0 Å². The Morgan fingerprint density at radius 3 is 2.74 bits per heavy atom. The zero-order chi connectivity index (χ0) is 13.8. The summed E-state index contributed by atoms with van der Waals surface area (Å²) in [6.45, 7) is 1.75. The summed E-state index contributed by atoms with van der Waals surface area (Å²) >= 11 is 0. The van der Waals surface area contributed by atoms with E-state index in [-0.39, 0.29) is 12.0 Å². The summed E-state index contributed by atoms with van der Waals surface area (Å²) < 4.78 is 26.9. The number of aryl methyl sites for hydroxylation is 2. The Bertz CT molecular complexity index is 648. The predicted octanol–water partition coefficient (Wildman–Crippen LogP) is 3.19. The molecule has 5 heteroatoms. The van der Waals surface area contributed by atoms with Gasteiger partial charge in [-0.2, -0.15) is 5.26 Å². The topological polar surface area (TPSA) is 49.6 Å². The molecule has 0 saturated heterocycles. The van der Waals surface area contributed by atoms with Crippen molar-refractivity contribution >= 4 is 0 Å². The van der Waals surface area contributed by atoms with Crippen LogP contribution in [0.2, 0.25) is 0 Å². The highest BCUT2D eigenvalue weighted by Gasteiger charge is 2.10. The number of halogens is 2. The highest BCUT2D eigenvalue weighted by molar-refractivity contribution is 5.60. The Kier molecular flexibility index (Phi) is 3.81. The van der Waals surface area contributed by atoms with E-state index in [0.29, 0.717) is 23.6 Å². The van der Waals surface area contributed by atoms with Crippen LogP contribution in [0.4, 0.5) is 8.78 Å². The van der Waals surface area contributed by atoms with Crippen molar-refractivity contribution < 1.29 is 8.78 Å². The standard InChI is InChI=1S/C14H11F2N3/c1-9-7-13(19-14(18-9)3-2-6-17)11-8-10(15)4-5-12(11)16/h4-5,7-8H,2-3H2,1H3. The van der Waals surface area contributed by atoms with Gasteiger partial charge in [-0.1, -0.05) is 0 Å². The number of rotatable bonds is 3. The van der Waals surface area contributed by atoms with Gasteiger partial charge in [0.15, 0.2) is 0 Å². The monoisotopic (exact) mass is 259 g/mol. The van der Waals surface area contributed by atoms with Gasteiger partial charge in [-0.3, -0.25) is 0 Å². The summed E-state index contributed by atoms with van der Waals surface area (Å²) in [7, 11) is 0. The van der Waals surface area contributed by atoms with Gasteiger partial charge in [-0.05, 0) is 31.2 Å². The van der Waals surface area contributed by atoms with Gasteiger partial charge >= 0.3 is 0 Å². The van der Waals surface area contributed by atoms with Crippen molar-refractivity contribution in [1.82, 2.24) is 9.97 Å². The Morgan fingerprint density at radius 2 is 2.00 bits per heavy atom. The quantitative estimate of drug-likeness (QED) is 0.850. The van der Waals surface area contributed by atoms with E-state index in [0.717, 1.165) is 18.2 Å². The van der Waals surface area contributed by atoms with Crippen LogP contribution in [0.3, 0.4) is 0 Å². The molecule has 0 atom stereocenters. The molecule has 0 fully saturated rings. The summed E-state index contributed by atoms with van der Waals surface area (Å²) in [4.78, 5) is 8.34. The minimum absolute atomic E-state index is 0.101. The normalized spacial score (nSPS) is 10.2. The predicted molar refractivity (Wildman–Crippen MR) is 66.1 cm³/mol. The van der Waals surface area contributed by atoms with E-state index in [4.69, 9.17) is 5.26 Å². The maximum atomic E-state index is 13.7. The summed E-state index contributed by atoms with van der Waals surface area (Å²) in [6, 6.07) is 6.82. The van der Waals surface area contributed by atoms with Crippen LogP contribution in [0, 0.1) is 29.9 Å². The second kappa shape index (κ2) is 5.53. The molecule has 0 aliphatic carbocycles. The second-order valence-corrected chi connectivity index (χ2v) is 4.09. The first kappa shape index (κ1) is 13.1. The fourth-order valence-electron chi connectivity index (χ4n) is 1.74. The fraction of sp³-hybridized carbons (Fsp3) is 0.214. The fourth-order valence-corrected chi connectivity index (χ4v) is 1.74. The van der Waals surface area contributed by atoms with Gasteiger partial charge < -0.3 is 0 Å². The molecule has 3 nitrogen and oxygen atoms in total. The van der Waals surface area contributed by atoms with Crippen molar-refractivity contribution in [3.8, 4) is 17.3 Å². The number of benzene rings is 1. The van der Waals surface area contributed by atoms with Crippen molar-refractivity contribution in [2.24, 2.45) is 0 Å². The number of aromatic nitrogens is 2. The molecule has 0 aliphatic rings. The van der Waals surface area contributed by atoms with Gasteiger partial charge in [0.1, 0.15) is 17.5 Å². The van der Waals surface area contributed by atoms with Crippen molar-refractivity contribution in [3.63, 3.8) is 0 Å². The molecule has 2 aromatic rings. The largest absolute Gasteiger partial charge is 0.238 e. The lowest BCUT2D eigenvalue weighted by atomic mass is 10.1. The van der Waals surface area contributed by atoms with E-state index < -0.39 is 11.6 Å². The van der Waals surface area contributed by atoms with Gasteiger partial charge in [0, 0.05) is 24.1 Å². The molecule has 0 saturated carbocycles. The third kappa shape index (κ3) is 3.10. The first-order valence-corrected chi connectivity index (χ1v) is 5.77. The maximum Gasteiger partial charge on any atom is 0.132 e. The molecule has 0 amide bonds. The molecular formula is C14H11F2N3. The van der Waals surface area contributed by atoms with E-state index in [1.807, 2.05) is 6.07 Å². The Hall–Kier alpha value is -2.35. The van der Waals surface area contributed by atoms with Crippen LogP contribution < -0.4 is 0 Å². The SMILES string of the molecule is Cc1cc(-c2cc(F)ccc2F)nc(CCC#N)n1. The van der Waals surface area contributed by atoms with Gasteiger partial charge in [0.2, 0.25) is 0 Å². The van der Waals surface area contributed by atoms with E-state index in [1.165, 1.54) is 0 Å². The molecular weight excluding hydrogens is 248 g/mol. The molecule has 1 aromatic carbocycles. The average molecular weight is 259 g/mol. The maximum absolute atomic E-state index is 13.7. The molecule has 0 spiro atoms. The van der Waals surface area contributed by atoms with Crippen molar-refractivity contribution in [1.29, 1.82) is 5.26 Å².